The van der Waals surface area contributed by atoms with Crippen molar-refractivity contribution in [2.45, 2.75) is 31.6 Å². The third-order valence-corrected chi connectivity index (χ3v) is 4.87. The van der Waals surface area contributed by atoms with Crippen LogP contribution in [0.5, 0.6) is 5.75 Å². The van der Waals surface area contributed by atoms with Gasteiger partial charge in [0.1, 0.15) is 5.75 Å². The molecule has 1 N–H and O–H groups in total. The maximum atomic E-state index is 12.1. The fourth-order valence-electron chi connectivity index (χ4n) is 1.70. The van der Waals surface area contributed by atoms with Crippen molar-refractivity contribution in [3.8, 4) is 5.75 Å². The van der Waals surface area contributed by atoms with Crippen molar-refractivity contribution >= 4 is 21.6 Å². The molecule has 1 rings (SSSR count). The van der Waals surface area contributed by atoms with Crippen LogP contribution in [0.2, 0.25) is 5.02 Å². The van der Waals surface area contributed by atoms with E-state index in [0.717, 1.165) is 12.8 Å². The van der Waals surface area contributed by atoms with Crippen molar-refractivity contribution in [1.82, 2.24) is 4.72 Å². The Labute approximate surface area is 120 Å². The first-order chi connectivity index (χ1) is 8.94. The first-order valence-electron chi connectivity index (χ1n) is 6.27. The van der Waals surface area contributed by atoms with E-state index in [1.807, 2.05) is 13.8 Å². The summed E-state index contributed by atoms with van der Waals surface area (Å²) in [5, 5.41) is 0.285. The lowest BCUT2D eigenvalue weighted by Gasteiger charge is -2.14. The third-order valence-electron chi connectivity index (χ3n) is 3.15. The zero-order valence-corrected chi connectivity index (χ0v) is 13.0. The van der Waals surface area contributed by atoms with E-state index in [1.165, 1.54) is 19.2 Å². The molecule has 0 amide bonds. The predicted molar refractivity (Wildman–Crippen MR) is 77.3 cm³/mol. The van der Waals surface area contributed by atoms with E-state index in [2.05, 4.69) is 4.72 Å². The molecule has 4 nitrogen and oxygen atoms in total. The highest BCUT2D eigenvalue weighted by molar-refractivity contribution is 7.89. The van der Waals surface area contributed by atoms with E-state index in [0.29, 0.717) is 18.2 Å². The quantitative estimate of drug-likeness (QED) is 0.842. The monoisotopic (exact) mass is 305 g/mol. The molecule has 19 heavy (non-hydrogen) atoms. The summed E-state index contributed by atoms with van der Waals surface area (Å²) in [7, 11) is -2.03. The Morgan fingerprint density at radius 3 is 2.42 bits per heavy atom. The van der Waals surface area contributed by atoms with Gasteiger partial charge in [-0.3, -0.25) is 0 Å². The second-order valence-corrected chi connectivity index (χ2v) is 6.50. The number of hydrogen-bond donors (Lipinski definition) is 1. The summed E-state index contributed by atoms with van der Waals surface area (Å²) in [5.74, 6) is 0.809. The van der Waals surface area contributed by atoms with Crippen LogP contribution in [0.3, 0.4) is 0 Å². The van der Waals surface area contributed by atoms with Crippen molar-refractivity contribution in [2.24, 2.45) is 5.92 Å². The first-order valence-corrected chi connectivity index (χ1v) is 8.13. The van der Waals surface area contributed by atoms with Gasteiger partial charge in [-0.15, -0.1) is 0 Å². The van der Waals surface area contributed by atoms with Gasteiger partial charge in [0.25, 0.3) is 0 Å². The molecule has 0 spiro atoms. The lowest BCUT2D eigenvalue weighted by molar-refractivity contribution is 0.414. The molecule has 0 saturated heterocycles. The van der Waals surface area contributed by atoms with Crippen molar-refractivity contribution in [3.63, 3.8) is 0 Å². The van der Waals surface area contributed by atoms with Gasteiger partial charge in [-0.25, -0.2) is 13.1 Å². The van der Waals surface area contributed by atoms with Crippen LogP contribution in [0.15, 0.2) is 23.1 Å². The Bertz CT molecular complexity index is 513. The van der Waals surface area contributed by atoms with Crippen LogP contribution in [0.4, 0.5) is 0 Å². The van der Waals surface area contributed by atoms with E-state index in [-0.39, 0.29) is 9.92 Å². The van der Waals surface area contributed by atoms with Gasteiger partial charge >= 0.3 is 0 Å². The first kappa shape index (κ1) is 16.3. The number of benzene rings is 1. The molecule has 0 saturated carbocycles. The average molecular weight is 306 g/mol. The normalized spacial score (nSPS) is 11.8. The molecular formula is C13H20ClNO3S. The zero-order chi connectivity index (χ0) is 14.5. The van der Waals surface area contributed by atoms with E-state index in [1.54, 1.807) is 6.07 Å². The van der Waals surface area contributed by atoms with E-state index >= 15 is 0 Å². The Kier molecular flexibility index (Phi) is 6.10. The van der Waals surface area contributed by atoms with Crippen LogP contribution in [-0.2, 0) is 10.0 Å². The van der Waals surface area contributed by atoms with Gasteiger partial charge in [-0.1, -0.05) is 38.3 Å². The molecule has 0 bridgehead atoms. The van der Waals surface area contributed by atoms with Crippen molar-refractivity contribution < 1.29 is 13.2 Å². The maximum absolute atomic E-state index is 12.1. The van der Waals surface area contributed by atoms with Crippen LogP contribution in [0, 0.1) is 5.92 Å². The minimum absolute atomic E-state index is 0.157. The highest BCUT2D eigenvalue weighted by Crippen LogP contribution is 2.26. The van der Waals surface area contributed by atoms with Crippen LogP contribution < -0.4 is 9.46 Å². The summed E-state index contributed by atoms with van der Waals surface area (Å²) in [6, 6.07) is 4.43. The van der Waals surface area contributed by atoms with Crippen molar-refractivity contribution in [1.29, 1.82) is 0 Å². The molecular weight excluding hydrogens is 286 g/mol. The summed E-state index contributed by atoms with van der Waals surface area (Å²) < 4.78 is 31.8. The Hall–Kier alpha value is -0.780. The largest absolute Gasteiger partial charge is 0.495 e. The minimum Gasteiger partial charge on any atom is -0.495 e. The molecule has 0 aliphatic carbocycles. The van der Waals surface area contributed by atoms with Gasteiger partial charge in [-0.05, 0) is 24.1 Å². The van der Waals surface area contributed by atoms with Crippen molar-refractivity contribution in [3.05, 3.63) is 23.2 Å². The van der Waals surface area contributed by atoms with Gasteiger partial charge in [0, 0.05) is 6.54 Å². The Morgan fingerprint density at radius 1 is 1.32 bits per heavy atom. The van der Waals surface area contributed by atoms with Crippen LogP contribution >= 0.6 is 11.6 Å². The van der Waals surface area contributed by atoms with Crippen molar-refractivity contribution in [2.75, 3.05) is 13.7 Å². The highest BCUT2D eigenvalue weighted by atomic mass is 35.5. The van der Waals surface area contributed by atoms with Gasteiger partial charge in [0.05, 0.1) is 17.0 Å². The number of rotatable bonds is 7. The molecule has 0 heterocycles. The van der Waals surface area contributed by atoms with Crippen LogP contribution in [-0.4, -0.2) is 22.1 Å². The lowest BCUT2D eigenvalue weighted by Crippen LogP contribution is -2.29. The smallest absolute Gasteiger partial charge is 0.240 e. The SMILES string of the molecule is CCC(CC)CNS(=O)(=O)c1ccc(OC)c(Cl)c1. The molecule has 0 unspecified atom stereocenters. The highest BCUT2D eigenvalue weighted by Gasteiger charge is 2.17. The van der Waals surface area contributed by atoms with Gasteiger partial charge in [-0.2, -0.15) is 0 Å². The Morgan fingerprint density at radius 2 is 1.95 bits per heavy atom. The fourth-order valence-corrected chi connectivity index (χ4v) is 3.17. The van der Waals surface area contributed by atoms with E-state index in [4.69, 9.17) is 16.3 Å². The molecule has 0 fully saturated rings. The second kappa shape index (κ2) is 7.12. The third kappa shape index (κ3) is 4.37. The summed E-state index contributed by atoms with van der Waals surface area (Å²) in [5.41, 5.74) is 0. The average Bonchev–Trinajstić information content (AvgIpc) is 2.39. The number of ether oxygens (including phenoxy) is 1. The summed E-state index contributed by atoms with van der Waals surface area (Å²) >= 11 is 5.94. The number of nitrogens with one attached hydrogen (secondary N) is 1. The molecule has 108 valence electrons. The number of sulfonamides is 1. The number of methoxy groups -OCH3 is 1. The van der Waals surface area contributed by atoms with Gasteiger partial charge < -0.3 is 4.74 Å². The predicted octanol–water partition coefficient (Wildman–Crippen LogP) is 3.06. The second-order valence-electron chi connectivity index (χ2n) is 4.33. The number of halogens is 1. The molecule has 6 heteroatoms. The zero-order valence-electron chi connectivity index (χ0n) is 11.4. The lowest BCUT2D eigenvalue weighted by atomic mass is 10.0. The Balaban J connectivity index is 2.85. The van der Waals surface area contributed by atoms with Crippen LogP contribution in [0.1, 0.15) is 26.7 Å². The topological polar surface area (TPSA) is 55.4 Å². The molecule has 0 aliphatic rings. The fraction of sp³-hybridized carbons (Fsp3) is 0.538. The maximum Gasteiger partial charge on any atom is 0.240 e. The molecule has 0 aromatic heterocycles. The molecule has 0 atom stereocenters. The van der Waals surface area contributed by atoms with E-state index in [9.17, 15) is 8.42 Å². The summed E-state index contributed by atoms with van der Waals surface area (Å²) in [6.07, 6.45) is 1.89. The van der Waals surface area contributed by atoms with Gasteiger partial charge in [0.15, 0.2) is 0 Å². The van der Waals surface area contributed by atoms with Crippen LogP contribution in [0.25, 0.3) is 0 Å². The summed E-state index contributed by atoms with van der Waals surface area (Å²) in [6.45, 7) is 4.54. The standard InChI is InChI=1S/C13H20ClNO3S/c1-4-10(5-2)9-15-19(16,17)11-6-7-13(18-3)12(14)8-11/h6-8,10,15H,4-5,9H2,1-3H3. The number of hydrogen-bond acceptors (Lipinski definition) is 3. The minimum atomic E-state index is -3.51. The molecule has 0 radical (unpaired) electrons. The van der Waals surface area contributed by atoms with Gasteiger partial charge in [0.2, 0.25) is 10.0 Å². The molecule has 1 aromatic rings. The summed E-state index contributed by atoms with van der Waals surface area (Å²) in [4.78, 5) is 0.157. The molecule has 1 aromatic carbocycles. The van der Waals surface area contributed by atoms with E-state index < -0.39 is 10.0 Å². The molecule has 0 aliphatic heterocycles.